The molecule has 3 aromatic carbocycles. The van der Waals surface area contributed by atoms with Crippen LogP contribution in [0, 0.1) is 5.92 Å². The second kappa shape index (κ2) is 14.8. The first kappa shape index (κ1) is 28.8. The molecule has 2 heterocycles. The third kappa shape index (κ3) is 8.15. The molecule has 5 rings (SSSR count). The molecule has 8 heteroatoms. The number of nitrogens with one attached hydrogen (secondary N) is 3. The van der Waals surface area contributed by atoms with Crippen LogP contribution in [0.1, 0.15) is 49.1 Å². The van der Waals surface area contributed by atoms with E-state index in [0.29, 0.717) is 24.8 Å². The van der Waals surface area contributed by atoms with E-state index in [1.807, 2.05) is 41.3 Å². The van der Waals surface area contributed by atoms with Gasteiger partial charge in [0.2, 0.25) is 5.91 Å². The molecular formula is C33H39N5O2S. The molecule has 1 aromatic heterocycles. The number of fused-ring (bicyclic) bond motifs is 1. The van der Waals surface area contributed by atoms with E-state index < -0.39 is 0 Å². The zero-order chi connectivity index (χ0) is 28.3. The number of hydrogen-bond acceptors (Lipinski definition) is 5. The number of amides is 3. The number of carbonyl (C=O) groups excluding carboxylic acids is 2. The first-order valence-corrected chi connectivity index (χ1v) is 15.5. The van der Waals surface area contributed by atoms with Gasteiger partial charge in [0.05, 0.1) is 10.2 Å². The van der Waals surface area contributed by atoms with E-state index in [-0.39, 0.29) is 23.8 Å². The lowest BCUT2D eigenvalue weighted by Gasteiger charge is -2.26. The number of piperidine rings is 1. The summed E-state index contributed by atoms with van der Waals surface area (Å²) in [6, 6.07) is 28.8. The van der Waals surface area contributed by atoms with Crippen molar-refractivity contribution in [2.24, 2.45) is 5.92 Å². The van der Waals surface area contributed by atoms with E-state index in [1.54, 1.807) is 0 Å². The number of carbonyl (C=O) groups is 2. The van der Waals surface area contributed by atoms with Gasteiger partial charge < -0.3 is 15.5 Å². The minimum atomic E-state index is -0.136. The lowest BCUT2D eigenvalue weighted by Crippen LogP contribution is -2.39. The smallest absolute Gasteiger partial charge is 0.323 e. The number of hydrogen-bond donors (Lipinski definition) is 3. The van der Waals surface area contributed by atoms with E-state index in [0.717, 1.165) is 55.4 Å². The molecule has 0 spiro atoms. The fourth-order valence-electron chi connectivity index (χ4n) is 5.46. The Morgan fingerprint density at radius 3 is 2.22 bits per heavy atom. The average molecular weight is 570 g/mol. The van der Waals surface area contributed by atoms with Crippen molar-refractivity contribution in [3.8, 4) is 0 Å². The third-order valence-electron chi connectivity index (χ3n) is 7.75. The van der Waals surface area contributed by atoms with Gasteiger partial charge in [-0.2, -0.15) is 0 Å². The normalized spacial score (nSPS) is 13.8. The van der Waals surface area contributed by atoms with Crippen LogP contribution in [-0.2, 0) is 4.79 Å². The zero-order valence-corrected chi connectivity index (χ0v) is 24.2. The molecule has 41 heavy (non-hydrogen) atoms. The molecule has 0 unspecified atom stereocenters. The number of unbranched alkanes of at least 4 members (excludes halogenated alkanes) is 1. The van der Waals surface area contributed by atoms with Crippen LogP contribution in [-0.4, -0.2) is 54.5 Å². The van der Waals surface area contributed by atoms with E-state index in [1.165, 1.54) is 22.5 Å². The summed E-state index contributed by atoms with van der Waals surface area (Å²) in [5.74, 6) is 0.449. The summed E-state index contributed by atoms with van der Waals surface area (Å²) in [5.41, 5.74) is 3.37. The lowest BCUT2D eigenvalue weighted by atomic mass is 9.88. The Balaban J connectivity index is 1.23. The van der Waals surface area contributed by atoms with E-state index in [2.05, 4.69) is 69.5 Å². The molecule has 7 nitrogen and oxygen atoms in total. The van der Waals surface area contributed by atoms with Gasteiger partial charge in [-0.15, -0.1) is 0 Å². The predicted octanol–water partition coefficient (Wildman–Crippen LogP) is 6.25. The van der Waals surface area contributed by atoms with Crippen molar-refractivity contribution in [3.05, 3.63) is 96.1 Å². The Morgan fingerprint density at radius 1 is 0.878 bits per heavy atom. The fraction of sp³-hybridized carbons (Fsp3) is 0.364. The van der Waals surface area contributed by atoms with Crippen LogP contribution in [0.3, 0.4) is 0 Å². The van der Waals surface area contributed by atoms with Crippen molar-refractivity contribution in [3.63, 3.8) is 0 Å². The topological polar surface area (TPSA) is 86.4 Å². The number of urea groups is 1. The van der Waals surface area contributed by atoms with E-state index in [4.69, 9.17) is 0 Å². The first-order valence-electron chi connectivity index (χ1n) is 14.7. The van der Waals surface area contributed by atoms with Crippen molar-refractivity contribution >= 4 is 38.6 Å². The van der Waals surface area contributed by atoms with E-state index in [9.17, 15) is 9.59 Å². The van der Waals surface area contributed by atoms with E-state index >= 15 is 0 Å². The van der Waals surface area contributed by atoms with Crippen molar-refractivity contribution < 1.29 is 9.59 Å². The Bertz CT molecular complexity index is 1320. The molecule has 1 aliphatic heterocycles. The van der Waals surface area contributed by atoms with Crippen molar-refractivity contribution in [1.82, 2.24) is 20.5 Å². The number of rotatable bonds is 12. The van der Waals surface area contributed by atoms with Gasteiger partial charge in [0, 0.05) is 31.5 Å². The monoisotopic (exact) mass is 569 g/mol. The minimum absolute atomic E-state index is 0.111. The molecule has 0 bridgehead atoms. The van der Waals surface area contributed by atoms with Gasteiger partial charge in [-0.3, -0.25) is 10.1 Å². The molecule has 3 N–H and O–H groups in total. The second-order valence-corrected chi connectivity index (χ2v) is 11.6. The summed E-state index contributed by atoms with van der Waals surface area (Å²) in [6.07, 6.45) is 4.22. The molecule has 0 aliphatic carbocycles. The minimum Gasteiger partial charge on any atom is -0.356 e. The van der Waals surface area contributed by atoms with Gasteiger partial charge in [0.25, 0.3) is 0 Å². The van der Waals surface area contributed by atoms with Crippen molar-refractivity contribution in [1.29, 1.82) is 0 Å². The summed E-state index contributed by atoms with van der Waals surface area (Å²) in [4.78, 5) is 32.6. The quantitative estimate of drug-likeness (QED) is 0.176. The van der Waals surface area contributed by atoms with Crippen LogP contribution in [0.4, 0.5) is 9.93 Å². The van der Waals surface area contributed by atoms with Crippen LogP contribution < -0.4 is 16.0 Å². The van der Waals surface area contributed by atoms with Crippen LogP contribution >= 0.6 is 11.3 Å². The Kier molecular flexibility index (Phi) is 10.4. The molecule has 1 fully saturated rings. The maximum atomic E-state index is 13.6. The molecule has 1 saturated heterocycles. The van der Waals surface area contributed by atoms with Gasteiger partial charge in [0.15, 0.2) is 5.13 Å². The molecule has 4 aromatic rings. The lowest BCUT2D eigenvalue weighted by molar-refractivity contribution is -0.125. The SMILES string of the molecule is O=C(NCCCCN(CCC(c1ccccc1)c1ccccc1)C(=O)Nc1nc2ccccc2s1)C1CCNCC1. The third-order valence-corrected chi connectivity index (χ3v) is 8.70. The fourth-order valence-corrected chi connectivity index (χ4v) is 6.32. The standard InChI is InChI=1S/C33H39N5O2S/c39-31(27-17-21-34-22-18-27)35-20-9-10-23-38(33(40)37-32-36-29-15-7-8-16-30(29)41-32)24-19-28(25-11-3-1-4-12-25)26-13-5-2-6-14-26/h1-8,11-16,27-28,34H,9-10,17-24H2,(H,35,39)(H,36,37,40). The van der Waals surface area contributed by atoms with Crippen LogP contribution in [0.25, 0.3) is 10.2 Å². The Hall–Kier alpha value is -3.75. The molecule has 3 amide bonds. The zero-order valence-electron chi connectivity index (χ0n) is 23.4. The van der Waals surface area contributed by atoms with Gasteiger partial charge in [-0.25, -0.2) is 9.78 Å². The Labute approximate surface area is 246 Å². The van der Waals surface area contributed by atoms with Crippen LogP contribution in [0.5, 0.6) is 0 Å². The highest BCUT2D eigenvalue weighted by molar-refractivity contribution is 7.22. The van der Waals surface area contributed by atoms with Gasteiger partial charge >= 0.3 is 6.03 Å². The summed E-state index contributed by atoms with van der Waals surface area (Å²) in [6.45, 7) is 3.66. The number of anilines is 1. The largest absolute Gasteiger partial charge is 0.356 e. The molecule has 1 aliphatic rings. The van der Waals surface area contributed by atoms with Crippen LogP contribution in [0.2, 0.25) is 0 Å². The van der Waals surface area contributed by atoms with Gasteiger partial charge in [-0.05, 0) is 68.5 Å². The maximum absolute atomic E-state index is 13.6. The molecule has 214 valence electrons. The number of thiazole rings is 1. The highest BCUT2D eigenvalue weighted by atomic mass is 32.1. The number of nitrogens with zero attached hydrogens (tertiary/aromatic N) is 2. The molecule has 0 radical (unpaired) electrons. The number of aromatic nitrogens is 1. The van der Waals surface area contributed by atoms with Gasteiger partial charge in [-0.1, -0.05) is 84.1 Å². The highest BCUT2D eigenvalue weighted by Gasteiger charge is 2.22. The molecule has 0 saturated carbocycles. The highest BCUT2D eigenvalue weighted by Crippen LogP contribution is 2.29. The van der Waals surface area contributed by atoms with Gasteiger partial charge in [0.1, 0.15) is 0 Å². The summed E-state index contributed by atoms with van der Waals surface area (Å²) < 4.78 is 1.05. The average Bonchev–Trinajstić information content (AvgIpc) is 3.43. The predicted molar refractivity (Wildman–Crippen MR) is 167 cm³/mol. The summed E-state index contributed by atoms with van der Waals surface area (Å²) >= 11 is 1.49. The molecule has 0 atom stereocenters. The van der Waals surface area contributed by atoms with Crippen LogP contribution in [0.15, 0.2) is 84.9 Å². The summed E-state index contributed by atoms with van der Waals surface area (Å²) in [7, 11) is 0. The second-order valence-electron chi connectivity index (χ2n) is 10.6. The van der Waals surface area contributed by atoms with Crippen molar-refractivity contribution in [2.45, 2.75) is 38.0 Å². The number of benzene rings is 3. The van der Waals surface area contributed by atoms with Crippen molar-refractivity contribution in [2.75, 3.05) is 38.0 Å². The first-order chi connectivity index (χ1) is 20.2. The maximum Gasteiger partial charge on any atom is 0.323 e. The number of para-hydroxylation sites is 1. The molecular weight excluding hydrogens is 530 g/mol. The Morgan fingerprint density at radius 2 is 1.54 bits per heavy atom. The summed E-state index contributed by atoms with van der Waals surface area (Å²) in [5, 5.41) is 10.1.